The molecule has 138 valence electrons. The van der Waals surface area contributed by atoms with E-state index in [4.69, 9.17) is 4.52 Å². The fraction of sp³-hybridized carbons (Fsp3) is 0.211. The molecule has 2 N–H and O–H groups in total. The van der Waals surface area contributed by atoms with Crippen LogP contribution in [0.1, 0.15) is 36.0 Å². The van der Waals surface area contributed by atoms with Crippen molar-refractivity contribution in [2.75, 3.05) is 10.6 Å². The van der Waals surface area contributed by atoms with Crippen molar-refractivity contribution in [3.8, 4) is 0 Å². The van der Waals surface area contributed by atoms with Crippen molar-refractivity contribution in [1.82, 2.24) is 10.1 Å². The minimum Gasteiger partial charge on any atom is -0.339 e. The minimum absolute atomic E-state index is 0.338. The highest BCUT2D eigenvalue weighted by Gasteiger charge is 2.28. The molecular weight excluding hydrogens is 354 g/mol. The largest absolute Gasteiger partial charge is 0.339 e. The fourth-order valence-corrected chi connectivity index (χ4v) is 2.69. The van der Waals surface area contributed by atoms with Gasteiger partial charge >= 0.3 is 6.03 Å². The number of carbonyl (C=O) groups excluding carboxylic acids is 1. The monoisotopic (exact) mass is 370 g/mol. The Morgan fingerprint density at radius 3 is 2.56 bits per heavy atom. The topological polar surface area (TPSA) is 80.1 Å². The second-order valence-corrected chi connectivity index (χ2v) is 6.33. The van der Waals surface area contributed by atoms with Gasteiger partial charge in [0.1, 0.15) is 17.3 Å². The lowest BCUT2D eigenvalue weighted by Crippen LogP contribution is -2.21. The Hall–Kier alpha value is -3.29. The van der Waals surface area contributed by atoms with Gasteiger partial charge < -0.3 is 15.2 Å². The molecular formula is C19H16F2N4O2. The lowest BCUT2D eigenvalue weighted by Gasteiger charge is -2.12. The zero-order valence-electron chi connectivity index (χ0n) is 14.2. The molecule has 1 aliphatic carbocycles. The third-order valence-corrected chi connectivity index (χ3v) is 4.23. The van der Waals surface area contributed by atoms with E-state index in [2.05, 4.69) is 20.8 Å². The normalized spacial score (nSPS) is 13.4. The molecule has 0 aliphatic heterocycles. The van der Waals surface area contributed by atoms with Crippen molar-refractivity contribution in [1.29, 1.82) is 0 Å². The summed E-state index contributed by atoms with van der Waals surface area (Å²) in [7, 11) is 0. The Morgan fingerprint density at radius 2 is 1.81 bits per heavy atom. The first kappa shape index (κ1) is 17.1. The number of para-hydroxylation sites is 2. The van der Waals surface area contributed by atoms with Crippen LogP contribution in [-0.2, 0) is 6.42 Å². The summed E-state index contributed by atoms with van der Waals surface area (Å²) in [5, 5.41) is 8.77. The van der Waals surface area contributed by atoms with Gasteiger partial charge in [-0.25, -0.2) is 13.6 Å². The molecule has 1 aromatic heterocycles. The summed E-state index contributed by atoms with van der Waals surface area (Å²) in [6.07, 6.45) is 2.48. The van der Waals surface area contributed by atoms with Gasteiger partial charge in [-0.1, -0.05) is 29.4 Å². The van der Waals surface area contributed by atoms with Gasteiger partial charge in [-0.2, -0.15) is 4.98 Å². The number of carbonyl (C=O) groups is 1. The van der Waals surface area contributed by atoms with E-state index in [-0.39, 0.29) is 0 Å². The highest BCUT2D eigenvalue weighted by molar-refractivity contribution is 6.00. The summed E-state index contributed by atoms with van der Waals surface area (Å²) < 4.78 is 32.6. The first-order valence-electron chi connectivity index (χ1n) is 8.52. The molecule has 0 bridgehead atoms. The third-order valence-electron chi connectivity index (χ3n) is 4.23. The van der Waals surface area contributed by atoms with Crippen LogP contribution in [0.4, 0.5) is 25.0 Å². The summed E-state index contributed by atoms with van der Waals surface area (Å²) in [6, 6.07) is 9.66. The second-order valence-electron chi connectivity index (χ2n) is 6.33. The van der Waals surface area contributed by atoms with Gasteiger partial charge in [0.15, 0.2) is 5.82 Å². The molecule has 2 aromatic carbocycles. The molecule has 27 heavy (non-hydrogen) atoms. The van der Waals surface area contributed by atoms with E-state index in [1.54, 1.807) is 18.2 Å². The molecule has 1 fully saturated rings. The lowest BCUT2D eigenvalue weighted by atomic mass is 10.1. The Morgan fingerprint density at radius 1 is 1.07 bits per heavy atom. The number of amides is 2. The van der Waals surface area contributed by atoms with E-state index < -0.39 is 23.4 Å². The molecule has 0 radical (unpaired) electrons. The highest BCUT2D eigenvalue weighted by Crippen LogP contribution is 2.38. The Balaban J connectivity index is 1.48. The van der Waals surface area contributed by atoms with Gasteiger partial charge in [0.2, 0.25) is 5.89 Å². The lowest BCUT2D eigenvalue weighted by molar-refractivity contribution is 0.262. The van der Waals surface area contributed by atoms with E-state index in [0.717, 1.165) is 30.5 Å². The predicted octanol–water partition coefficient (Wildman–Crippen LogP) is 4.46. The van der Waals surface area contributed by atoms with Crippen LogP contribution >= 0.6 is 0 Å². The molecule has 3 aromatic rings. The average Bonchev–Trinajstić information content (AvgIpc) is 3.39. The summed E-state index contributed by atoms with van der Waals surface area (Å²) >= 11 is 0. The zero-order valence-corrected chi connectivity index (χ0v) is 14.2. The zero-order chi connectivity index (χ0) is 18.8. The van der Waals surface area contributed by atoms with Crippen molar-refractivity contribution in [3.05, 3.63) is 71.4 Å². The molecule has 8 heteroatoms. The van der Waals surface area contributed by atoms with Crippen LogP contribution < -0.4 is 10.6 Å². The molecule has 0 atom stereocenters. The maximum absolute atomic E-state index is 13.7. The van der Waals surface area contributed by atoms with Crippen molar-refractivity contribution in [3.63, 3.8) is 0 Å². The molecule has 4 rings (SSSR count). The van der Waals surface area contributed by atoms with Gasteiger partial charge in [0.25, 0.3) is 0 Å². The van der Waals surface area contributed by atoms with Gasteiger partial charge in [0, 0.05) is 11.6 Å². The van der Waals surface area contributed by atoms with E-state index in [1.165, 1.54) is 6.07 Å². The van der Waals surface area contributed by atoms with Crippen molar-refractivity contribution < 1.29 is 18.1 Å². The molecule has 6 nitrogen and oxygen atoms in total. The quantitative estimate of drug-likeness (QED) is 0.695. The number of halogens is 2. The Bertz CT molecular complexity index is 965. The number of nitrogens with one attached hydrogen (secondary N) is 2. The maximum Gasteiger partial charge on any atom is 0.323 e. The predicted molar refractivity (Wildman–Crippen MR) is 94.5 cm³/mol. The van der Waals surface area contributed by atoms with Crippen LogP contribution in [0.2, 0.25) is 0 Å². The van der Waals surface area contributed by atoms with Crippen LogP contribution in [0.3, 0.4) is 0 Å². The van der Waals surface area contributed by atoms with Crippen LogP contribution in [0.15, 0.2) is 47.0 Å². The molecule has 0 spiro atoms. The molecule has 2 amide bonds. The van der Waals surface area contributed by atoms with Gasteiger partial charge in [0.05, 0.1) is 6.42 Å². The summed E-state index contributed by atoms with van der Waals surface area (Å²) in [5.74, 6) is -0.152. The summed E-state index contributed by atoms with van der Waals surface area (Å²) in [5.41, 5.74) is 0.726. The number of rotatable bonds is 5. The third kappa shape index (κ3) is 3.94. The first-order valence-corrected chi connectivity index (χ1v) is 8.52. The van der Waals surface area contributed by atoms with Crippen molar-refractivity contribution in [2.45, 2.75) is 25.2 Å². The minimum atomic E-state index is -0.850. The van der Waals surface area contributed by atoms with Gasteiger partial charge in [-0.05, 0) is 36.6 Å². The second kappa shape index (κ2) is 7.14. The van der Waals surface area contributed by atoms with E-state index in [1.807, 2.05) is 6.07 Å². The highest BCUT2D eigenvalue weighted by atomic mass is 19.1. The average molecular weight is 370 g/mol. The van der Waals surface area contributed by atoms with Crippen molar-refractivity contribution in [2.24, 2.45) is 0 Å². The first-order chi connectivity index (χ1) is 13.1. The number of anilines is 2. The Kier molecular flexibility index (Phi) is 4.53. The van der Waals surface area contributed by atoms with Crippen LogP contribution in [0.25, 0.3) is 0 Å². The molecule has 1 heterocycles. The number of nitrogens with zero attached hydrogens (tertiary/aromatic N) is 2. The smallest absolute Gasteiger partial charge is 0.323 e. The number of benzene rings is 2. The van der Waals surface area contributed by atoms with Crippen LogP contribution in [0, 0.1) is 11.6 Å². The van der Waals surface area contributed by atoms with Gasteiger partial charge in [-0.3, -0.25) is 0 Å². The van der Waals surface area contributed by atoms with Crippen molar-refractivity contribution >= 4 is 17.4 Å². The summed E-state index contributed by atoms with van der Waals surface area (Å²) in [4.78, 5) is 16.6. The number of urea groups is 1. The summed E-state index contributed by atoms with van der Waals surface area (Å²) in [6.45, 7) is 0. The SMILES string of the molecule is O=C(Nc1ccccc1Cc1nc(C2CC2)no1)Nc1c(F)cccc1F. The van der Waals surface area contributed by atoms with Crippen LogP contribution in [-0.4, -0.2) is 16.2 Å². The number of hydrogen-bond acceptors (Lipinski definition) is 4. The van der Waals surface area contributed by atoms with E-state index in [0.29, 0.717) is 29.7 Å². The Labute approximate surface area is 153 Å². The van der Waals surface area contributed by atoms with Gasteiger partial charge in [-0.15, -0.1) is 0 Å². The number of aromatic nitrogens is 2. The van der Waals surface area contributed by atoms with Crippen LogP contribution in [0.5, 0.6) is 0 Å². The molecule has 1 saturated carbocycles. The van der Waals surface area contributed by atoms with E-state index in [9.17, 15) is 13.6 Å². The molecule has 1 aliphatic rings. The number of hydrogen-bond donors (Lipinski definition) is 2. The molecule has 0 saturated heterocycles. The maximum atomic E-state index is 13.7. The van der Waals surface area contributed by atoms with E-state index >= 15 is 0 Å². The fourth-order valence-electron chi connectivity index (χ4n) is 2.69. The standard InChI is InChI=1S/C19H16F2N4O2/c20-13-5-3-6-14(21)17(13)24-19(26)22-15-7-2-1-4-12(15)10-16-23-18(25-27-16)11-8-9-11/h1-7,11H,8-10H2,(H2,22,24,26). The molecule has 0 unspecified atom stereocenters.